The van der Waals surface area contributed by atoms with E-state index >= 15 is 0 Å². The molecule has 2 aromatic rings. The molecule has 0 N–H and O–H groups in total. The van der Waals surface area contributed by atoms with Crippen LogP contribution in [0.1, 0.15) is 96.3 Å². The summed E-state index contributed by atoms with van der Waals surface area (Å²) < 4.78 is 25.2. The number of benzene rings is 2. The molecule has 0 fully saturated rings. The zero-order chi connectivity index (χ0) is 25.2. The molecular weight excluding hydrogens is 436 g/mol. The van der Waals surface area contributed by atoms with Crippen molar-refractivity contribution in [2.75, 3.05) is 26.4 Å². The summed E-state index contributed by atoms with van der Waals surface area (Å²) in [4.78, 5) is 0. The second kappa shape index (κ2) is 17.7. The van der Waals surface area contributed by atoms with Gasteiger partial charge in [0.2, 0.25) is 0 Å². The summed E-state index contributed by atoms with van der Waals surface area (Å²) in [5.74, 6) is -0.916. The Balaban J connectivity index is 2.13. The van der Waals surface area contributed by atoms with E-state index in [4.69, 9.17) is 18.9 Å². The van der Waals surface area contributed by atoms with Gasteiger partial charge in [-0.25, -0.2) is 0 Å². The second-order valence-electron chi connectivity index (χ2n) is 9.02. The molecular formula is C31H48O4. The fourth-order valence-corrected chi connectivity index (χ4v) is 4.72. The van der Waals surface area contributed by atoms with Crippen LogP contribution in [0.15, 0.2) is 60.7 Å². The van der Waals surface area contributed by atoms with Crippen molar-refractivity contribution < 1.29 is 18.9 Å². The van der Waals surface area contributed by atoms with Gasteiger partial charge in [0.15, 0.2) is 0 Å². The minimum atomic E-state index is -1.01. The Labute approximate surface area is 214 Å². The van der Waals surface area contributed by atoms with Gasteiger partial charge in [-0.1, -0.05) is 106 Å². The minimum absolute atomic E-state index is 0.0979. The summed E-state index contributed by atoms with van der Waals surface area (Å²) in [7, 11) is 0. The van der Waals surface area contributed by atoms with E-state index in [-0.39, 0.29) is 12.0 Å². The largest absolute Gasteiger partial charge is 0.369 e. The van der Waals surface area contributed by atoms with Gasteiger partial charge in [-0.2, -0.15) is 0 Å². The lowest BCUT2D eigenvalue weighted by molar-refractivity contribution is -0.403. The average molecular weight is 485 g/mol. The molecule has 0 aromatic heterocycles. The zero-order valence-corrected chi connectivity index (χ0v) is 22.5. The molecule has 2 aromatic carbocycles. The maximum atomic E-state index is 6.57. The minimum Gasteiger partial charge on any atom is -0.369 e. The maximum Gasteiger partial charge on any atom is 0.285 e. The molecule has 0 aliphatic carbocycles. The molecule has 4 nitrogen and oxygen atoms in total. The van der Waals surface area contributed by atoms with Crippen LogP contribution < -0.4 is 0 Å². The molecule has 0 radical (unpaired) electrons. The van der Waals surface area contributed by atoms with Crippen LogP contribution >= 0.6 is 0 Å². The second-order valence-corrected chi connectivity index (χ2v) is 9.02. The van der Waals surface area contributed by atoms with E-state index in [1.54, 1.807) is 0 Å². The number of ether oxygens (including phenoxy) is 4. The van der Waals surface area contributed by atoms with Crippen molar-refractivity contribution in [2.45, 2.75) is 91.1 Å². The number of hydrogen-bond donors (Lipinski definition) is 0. The molecule has 0 aliphatic rings. The van der Waals surface area contributed by atoms with Crippen molar-refractivity contribution >= 4 is 0 Å². The Morgan fingerprint density at radius 3 is 1.57 bits per heavy atom. The highest BCUT2D eigenvalue weighted by Gasteiger charge is 2.41. The highest BCUT2D eigenvalue weighted by Crippen LogP contribution is 2.34. The lowest BCUT2D eigenvalue weighted by Crippen LogP contribution is -2.47. The smallest absolute Gasteiger partial charge is 0.285 e. The van der Waals surface area contributed by atoms with Gasteiger partial charge in [0.1, 0.15) is 6.10 Å². The van der Waals surface area contributed by atoms with Crippen LogP contribution in [-0.2, 0) is 18.9 Å². The number of hydrogen-bond acceptors (Lipinski definition) is 4. The van der Waals surface area contributed by atoms with Crippen LogP contribution in [0, 0.1) is 5.92 Å². The van der Waals surface area contributed by atoms with Crippen molar-refractivity contribution in [2.24, 2.45) is 5.92 Å². The molecule has 4 heteroatoms. The van der Waals surface area contributed by atoms with Crippen LogP contribution in [-0.4, -0.2) is 32.4 Å². The van der Waals surface area contributed by atoms with E-state index in [9.17, 15) is 0 Å². The van der Waals surface area contributed by atoms with Crippen molar-refractivity contribution in [1.29, 1.82) is 0 Å². The highest BCUT2D eigenvalue weighted by atomic mass is 16.9. The first-order chi connectivity index (χ1) is 17.2. The first kappa shape index (κ1) is 29.5. The van der Waals surface area contributed by atoms with Gasteiger partial charge in [-0.05, 0) is 44.7 Å². The molecule has 0 bridgehead atoms. The average Bonchev–Trinajstić information content (AvgIpc) is 2.88. The monoisotopic (exact) mass is 484 g/mol. The fourth-order valence-electron chi connectivity index (χ4n) is 4.72. The van der Waals surface area contributed by atoms with Gasteiger partial charge in [0.05, 0.1) is 0 Å². The van der Waals surface area contributed by atoms with Gasteiger partial charge in [0.25, 0.3) is 5.97 Å². The van der Waals surface area contributed by atoms with Crippen molar-refractivity contribution in [3.8, 4) is 0 Å². The SMILES string of the molecule is CCCCCCCCC(CCOC(c1ccccc1)c1ccccc1)C(OCC)(OCC)OCC. The topological polar surface area (TPSA) is 36.9 Å². The normalized spacial score (nSPS) is 12.8. The summed E-state index contributed by atoms with van der Waals surface area (Å²) in [6, 6.07) is 20.9. The molecule has 0 saturated heterocycles. The van der Waals surface area contributed by atoms with Crippen LogP contribution in [0.5, 0.6) is 0 Å². The van der Waals surface area contributed by atoms with Crippen molar-refractivity contribution in [1.82, 2.24) is 0 Å². The highest BCUT2D eigenvalue weighted by molar-refractivity contribution is 5.29. The molecule has 1 atom stereocenters. The maximum absolute atomic E-state index is 6.57. The first-order valence-electron chi connectivity index (χ1n) is 13.8. The Hall–Kier alpha value is -1.72. The Bertz CT molecular complexity index is 693. The van der Waals surface area contributed by atoms with Gasteiger partial charge < -0.3 is 18.9 Å². The van der Waals surface area contributed by atoms with Gasteiger partial charge in [0, 0.05) is 32.3 Å². The summed E-state index contributed by atoms with van der Waals surface area (Å²) >= 11 is 0. The van der Waals surface area contributed by atoms with Crippen molar-refractivity contribution in [3.05, 3.63) is 71.8 Å². The third-order valence-corrected chi connectivity index (χ3v) is 6.40. The Morgan fingerprint density at radius 1 is 0.600 bits per heavy atom. The number of rotatable bonds is 20. The van der Waals surface area contributed by atoms with E-state index in [0.717, 1.165) is 30.4 Å². The molecule has 0 amide bonds. The molecule has 35 heavy (non-hydrogen) atoms. The van der Waals surface area contributed by atoms with E-state index in [2.05, 4.69) is 55.5 Å². The summed E-state index contributed by atoms with van der Waals surface area (Å²) in [5, 5.41) is 0. The third-order valence-electron chi connectivity index (χ3n) is 6.40. The molecule has 0 heterocycles. The first-order valence-corrected chi connectivity index (χ1v) is 13.8. The van der Waals surface area contributed by atoms with Gasteiger partial charge >= 0.3 is 0 Å². The standard InChI is InChI=1S/C31H48O4/c1-5-9-10-11-12-19-24-29(31(33-6-2,34-7-3)35-8-4)25-26-32-30(27-20-15-13-16-21-27)28-22-17-14-18-23-28/h13-18,20-23,29-30H,5-12,19,24-26H2,1-4H3. The van der Waals surface area contributed by atoms with Gasteiger partial charge in [-0.15, -0.1) is 0 Å². The van der Waals surface area contributed by atoms with Crippen LogP contribution in [0.4, 0.5) is 0 Å². The van der Waals surface area contributed by atoms with E-state index < -0.39 is 5.97 Å². The van der Waals surface area contributed by atoms with Crippen LogP contribution in [0.25, 0.3) is 0 Å². The number of unbranched alkanes of at least 4 members (excludes halogenated alkanes) is 5. The lowest BCUT2D eigenvalue weighted by Gasteiger charge is -2.39. The molecule has 196 valence electrons. The lowest BCUT2D eigenvalue weighted by atomic mass is 9.94. The summed E-state index contributed by atoms with van der Waals surface area (Å²) in [6.45, 7) is 10.5. The third kappa shape index (κ3) is 10.0. The molecule has 2 rings (SSSR count). The molecule has 1 unspecified atom stereocenters. The zero-order valence-electron chi connectivity index (χ0n) is 22.5. The molecule has 0 saturated carbocycles. The van der Waals surface area contributed by atoms with Crippen molar-refractivity contribution in [3.63, 3.8) is 0 Å². The van der Waals surface area contributed by atoms with E-state index in [1.807, 2.05) is 32.9 Å². The van der Waals surface area contributed by atoms with Gasteiger partial charge in [-0.3, -0.25) is 0 Å². The van der Waals surface area contributed by atoms with E-state index in [0.29, 0.717) is 26.4 Å². The molecule has 0 spiro atoms. The quantitative estimate of drug-likeness (QED) is 0.140. The Morgan fingerprint density at radius 2 is 1.09 bits per heavy atom. The van der Waals surface area contributed by atoms with Crippen LogP contribution in [0.3, 0.4) is 0 Å². The Kier molecular flexibility index (Phi) is 14.9. The molecule has 0 aliphatic heterocycles. The fraction of sp³-hybridized carbons (Fsp3) is 0.613. The predicted molar refractivity (Wildman–Crippen MR) is 144 cm³/mol. The predicted octanol–water partition coefficient (Wildman–Crippen LogP) is 8.31. The summed E-state index contributed by atoms with van der Waals surface area (Å²) in [5.41, 5.74) is 2.33. The van der Waals surface area contributed by atoms with Crippen LogP contribution in [0.2, 0.25) is 0 Å². The summed E-state index contributed by atoms with van der Waals surface area (Å²) in [6.07, 6.45) is 9.26. The van der Waals surface area contributed by atoms with E-state index in [1.165, 1.54) is 32.1 Å².